The van der Waals surface area contributed by atoms with Crippen molar-refractivity contribution in [1.82, 2.24) is 10.2 Å². The molecule has 17 heavy (non-hydrogen) atoms. The van der Waals surface area contributed by atoms with E-state index >= 15 is 0 Å². The number of hydrogen-bond acceptors (Lipinski definition) is 4. The Bertz CT molecular complexity index is 416. The third kappa shape index (κ3) is 3.16. The van der Waals surface area contributed by atoms with Gasteiger partial charge in [-0.3, -0.25) is 0 Å². The lowest BCUT2D eigenvalue weighted by Gasteiger charge is -2.15. The zero-order valence-corrected chi connectivity index (χ0v) is 11.0. The Morgan fingerprint density at radius 1 is 1.24 bits per heavy atom. The second kappa shape index (κ2) is 6.19. The number of hydrogen-bond donors (Lipinski definition) is 1. The average Bonchev–Trinajstić information content (AvgIpc) is 2.35. The van der Waals surface area contributed by atoms with Crippen molar-refractivity contribution in [3.05, 3.63) is 16.8 Å². The van der Waals surface area contributed by atoms with Gasteiger partial charge in [0, 0.05) is 6.54 Å². The van der Waals surface area contributed by atoms with E-state index in [1.807, 2.05) is 13.8 Å². The number of rotatable bonds is 5. The Kier molecular flexibility index (Phi) is 4.89. The normalized spacial score (nSPS) is 10.4. The smallest absolute Gasteiger partial charge is 0.166 e. The molecule has 1 heterocycles. The molecule has 0 unspecified atom stereocenters. The minimum Gasteiger partial charge on any atom is -0.367 e. The van der Waals surface area contributed by atoms with Crippen molar-refractivity contribution < 1.29 is 0 Å². The van der Waals surface area contributed by atoms with Crippen LogP contribution in [0.15, 0.2) is 0 Å². The van der Waals surface area contributed by atoms with Crippen LogP contribution in [-0.2, 0) is 0 Å². The third-order valence-electron chi connectivity index (χ3n) is 3.28. The first-order valence-electron chi connectivity index (χ1n) is 6.11. The van der Waals surface area contributed by atoms with Crippen LogP contribution in [0.4, 0.5) is 5.82 Å². The average molecular weight is 232 g/mol. The molecule has 0 fully saturated rings. The summed E-state index contributed by atoms with van der Waals surface area (Å²) in [4.78, 5) is 0. The minimum atomic E-state index is 0.613. The molecular formula is C13H20N4. The highest BCUT2D eigenvalue weighted by Crippen LogP contribution is 2.18. The van der Waals surface area contributed by atoms with Gasteiger partial charge in [0.25, 0.3) is 0 Å². The van der Waals surface area contributed by atoms with Gasteiger partial charge in [0.05, 0.1) is 5.69 Å². The standard InChI is InChI=1S/C13H20N4/c1-5-11(6-2)8-15-13-12(7-14)9(3)10(4)16-17-13/h11H,5-6,8H2,1-4H3,(H,15,17). The number of nitriles is 1. The van der Waals surface area contributed by atoms with Crippen molar-refractivity contribution in [3.63, 3.8) is 0 Å². The van der Waals surface area contributed by atoms with Crippen molar-refractivity contribution in [3.8, 4) is 6.07 Å². The minimum absolute atomic E-state index is 0.613. The molecule has 0 atom stereocenters. The summed E-state index contributed by atoms with van der Waals surface area (Å²) in [6.45, 7) is 8.97. The predicted octanol–water partition coefficient (Wildman–Crippen LogP) is 2.81. The van der Waals surface area contributed by atoms with Gasteiger partial charge in [0.15, 0.2) is 5.82 Å². The summed E-state index contributed by atoms with van der Waals surface area (Å²) in [5.74, 6) is 1.23. The van der Waals surface area contributed by atoms with Crippen molar-refractivity contribution >= 4 is 5.82 Å². The van der Waals surface area contributed by atoms with Gasteiger partial charge in [-0.25, -0.2) is 0 Å². The van der Waals surface area contributed by atoms with Gasteiger partial charge in [0.2, 0.25) is 0 Å². The summed E-state index contributed by atoms with van der Waals surface area (Å²) in [6.07, 6.45) is 2.26. The topological polar surface area (TPSA) is 61.6 Å². The highest BCUT2D eigenvalue weighted by atomic mass is 15.2. The Labute approximate surface area is 103 Å². The van der Waals surface area contributed by atoms with Crippen LogP contribution in [-0.4, -0.2) is 16.7 Å². The molecule has 0 aliphatic carbocycles. The SMILES string of the molecule is CCC(CC)CNc1nnc(C)c(C)c1C#N. The van der Waals surface area contributed by atoms with Gasteiger partial charge in [-0.15, -0.1) is 5.10 Å². The van der Waals surface area contributed by atoms with Crippen LogP contribution in [0.2, 0.25) is 0 Å². The number of nitrogens with zero attached hydrogens (tertiary/aromatic N) is 3. The van der Waals surface area contributed by atoms with E-state index in [2.05, 4.69) is 35.4 Å². The van der Waals surface area contributed by atoms with E-state index in [0.717, 1.165) is 30.6 Å². The lowest BCUT2D eigenvalue weighted by atomic mass is 10.0. The molecule has 1 aromatic heterocycles. The van der Waals surface area contributed by atoms with E-state index in [1.165, 1.54) is 0 Å². The molecule has 0 aliphatic rings. The largest absolute Gasteiger partial charge is 0.367 e. The molecule has 0 saturated carbocycles. The number of anilines is 1. The van der Waals surface area contributed by atoms with E-state index in [9.17, 15) is 0 Å². The fourth-order valence-corrected chi connectivity index (χ4v) is 1.69. The lowest BCUT2D eigenvalue weighted by molar-refractivity contribution is 0.518. The monoisotopic (exact) mass is 232 g/mol. The molecule has 0 bridgehead atoms. The first-order valence-corrected chi connectivity index (χ1v) is 6.11. The Hall–Kier alpha value is -1.63. The molecular weight excluding hydrogens is 212 g/mol. The molecule has 0 aliphatic heterocycles. The molecule has 1 rings (SSSR count). The molecule has 4 heteroatoms. The van der Waals surface area contributed by atoms with E-state index < -0.39 is 0 Å². The number of nitrogens with one attached hydrogen (secondary N) is 1. The molecule has 1 aromatic rings. The fourth-order valence-electron chi connectivity index (χ4n) is 1.69. The van der Waals surface area contributed by atoms with Crippen molar-refractivity contribution in [2.75, 3.05) is 11.9 Å². The summed E-state index contributed by atoms with van der Waals surface area (Å²) in [5.41, 5.74) is 2.34. The first kappa shape index (κ1) is 13.4. The summed E-state index contributed by atoms with van der Waals surface area (Å²) in [7, 11) is 0. The van der Waals surface area contributed by atoms with Gasteiger partial charge in [0.1, 0.15) is 11.6 Å². The molecule has 0 aromatic carbocycles. The quantitative estimate of drug-likeness (QED) is 0.848. The number of aromatic nitrogens is 2. The van der Waals surface area contributed by atoms with Crippen LogP contribution in [0, 0.1) is 31.1 Å². The lowest BCUT2D eigenvalue weighted by Crippen LogP contribution is -2.15. The molecule has 0 saturated heterocycles. The highest BCUT2D eigenvalue weighted by Gasteiger charge is 2.11. The maximum atomic E-state index is 9.15. The van der Waals surface area contributed by atoms with Gasteiger partial charge in [-0.1, -0.05) is 26.7 Å². The highest BCUT2D eigenvalue weighted by molar-refractivity contribution is 5.55. The molecule has 92 valence electrons. The third-order valence-corrected chi connectivity index (χ3v) is 3.28. The molecule has 0 spiro atoms. The van der Waals surface area contributed by atoms with Crippen LogP contribution in [0.25, 0.3) is 0 Å². The molecule has 0 amide bonds. The molecule has 0 radical (unpaired) electrons. The number of aryl methyl sites for hydroxylation is 1. The van der Waals surface area contributed by atoms with E-state index in [1.54, 1.807) is 0 Å². The zero-order valence-electron chi connectivity index (χ0n) is 11.0. The Balaban J connectivity index is 2.85. The van der Waals surface area contributed by atoms with Gasteiger partial charge >= 0.3 is 0 Å². The summed E-state index contributed by atoms with van der Waals surface area (Å²) < 4.78 is 0. The van der Waals surface area contributed by atoms with E-state index in [-0.39, 0.29) is 0 Å². The second-order valence-electron chi connectivity index (χ2n) is 4.31. The molecule has 1 N–H and O–H groups in total. The van der Waals surface area contributed by atoms with Gasteiger partial charge < -0.3 is 5.32 Å². The summed E-state index contributed by atoms with van der Waals surface area (Å²) in [6, 6.07) is 2.20. The van der Waals surface area contributed by atoms with Crippen molar-refractivity contribution in [1.29, 1.82) is 5.26 Å². The zero-order chi connectivity index (χ0) is 12.8. The summed E-state index contributed by atoms with van der Waals surface area (Å²) >= 11 is 0. The first-order chi connectivity index (χ1) is 8.13. The van der Waals surface area contributed by atoms with Crippen molar-refractivity contribution in [2.24, 2.45) is 5.92 Å². The van der Waals surface area contributed by atoms with Crippen LogP contribution in [0.3, 0.4) is 0 Å². The predicted molar refractivity (Wildman–Crippen MR) is 68.8 cm³/mol. The van der Waals surface area contributed by atoms with Crippen LogP contribution < -0.4 is 5.32 Å². The van der Waals surface area contributed by atoms with Crippen LogP contribution >= 0.6 is 0 Å². The summed E-state index contributed by atoms with van der Waals surface area (Å²) in [5, 5.41) is 20.5. The van der Waals surface area contributed by atoms with Crippen molar-refractivity contribution in [2.45, 2.75) is 40.5 Å². The van der Waals surface area contributed by atoms with Crippen LogP contribution in [0.5, 0.6) is 0 Å². The van der Waals surface area contributed by atoms with E-state index in [0.29, 0.717) is 17.3 Å². The molecule has 4 nitrogen and oxygen atoms in total. The van der Waals surface area contributed by atoms with Gasteiger partial charge in [-0.05, 0) is 25.3 Å². The van der Waals surface area contributed by atoms with Crippen LogP contribution in [0.1, 0.15) is 43.5 Å². The Morgan fingerprint density at radius 3 is 2.41 bits per heavy atom. The van der Waals surface area contributed by atoms with Gasteiger partial charge in [-0.2, -0.15) is 10.4 Å². The maximum Gasteiger partial charge on any atom is 0.166 e. The Morgan fingerprint density at radius 2 is 1.88 bits per heavy atom. The maximum absolute atomic E-state index is 9.15. The second-order valence-corrected chi connectivity index (χ2v) is 4.31. The fraction of sp³-hybridized carbons (Fsp3) is 0.615. The van der Waals surface area contributed by atoms with E-state index in [4.69, 9.17) is 5.26 Å².